The number of esters is 2. The lowest BCUT2D eigenvalue weighted by atomic mass is 9.93. The van der Waals surface area contributed by atoms with Gasteiger partial charge < -0.3 is 9.47 Å². The predicted molar refractivity (Wildman–Crippen MR) is 73.2 cm³/mol. The molecule has 1 N–H and O–H groups in total. The van der Waals surface area contributed by atoms with Gasteiger partial charge in [-0.2, -0.15) is 13.2 Å². The van der Waals surface area contributed by atoms with Crippen molar-refractivity contribution in [2.45, 2.75) is 24.7 Å². The van der Waals surface area contributed by atoms with Gasteiger partial charge in [-0.15, -0.1) is 0 Å². The number of rotatable bonds is 3. The van der Waals surface area contributed by atoms with Gasteiger partial charge in [0.15, 0.2) is 0 Å². The van der Waals surface area contributed by atoms with Crippen LogP contribution in [0.3, 0.4) is 0 Å². The molecule has 2 rings (SSSR count). The monoisotopic (exact) mass is 331 g/mol. The van der Waals surface area contributed by atoms with Crippen LogP contribution in [0.4, 0.5) is 13.2 Å². The summed E-state index contributed by atoms with van der Waals surface area (Å²) in [5.41, 5.74) is -0.307. The molecule has 1 saturated heterocycles. The van der Waals surface area contributed by atoms with Gasteiger partial charge in [0.1, 0.15) is 6.04 Å². The Balaban J connectivity index is 2.27. The van der Waals surface area contributed by atoms with Crippen LogP contribution in [0.5, 0.6) is 0 Å². The van der Waals surface area contributed by atoms with Gasteiger partial charge in [0, 0.05) is 6.04 Å². The van der Waals surface area contributed by atoms with E-state index in [9.17, 15) is 22.8 Å². The Kier molecular flexibility index (Phi) is 4.93. The second-order valence-corrected chi connectivity index (χ2v) is 5.21. The molecule has 23 heavy (non-hydrogen) atoms. The molecule has 0 saturated carbocycles. The number of methoxy groups -OCH3 is 2. The molecule has 0 radical (unpaired) electrons. The maximum Gasteiger partial charge on any atom is 0.416 e. The normalized spacial score (nSPS) is 24.3. The van der Waals surface area contributed by atoms with E-state index >= 15 is 0 Å². The van der Waals surface area contributed by atoms with E-state index in [1.807, 2.05) is 0 Å². The van der Waals surface area contributed by atoms with Crippen molar-refractivity contribution in [3.05, 3.63) is 35.4 Å². The van der Waals surface area contributed by atoms with Crippen molar-refractivity contribution in [3.8, 4) is 0 Å². The number of ether oxygens (including phenoxy) is 2. The number of nitrogens with one attached hydrogen (secondary N) is 1. The minimum absolute atomic E-state index is 0.158. The highest BCUT2D eigenvalue weighted by Crippen LogP contribution is 2.36. The van der Waals surface area contributed by atoms with Crippen molar-refractivity contribution >= 4 is 11.9 Å². The van der Waals surface area contributed by atoms with Crippen LogP contribution in [0, 0.1) is 5.92 Å². The lowest BCUT2D eigenvalue weighted by molar-refractivity contribution is -0.146. The average Bonchev–Trinajstić information content (AvgIpc) is 2.98. The molecular weight excluding hydrogens is 315 g/mol. The number of hydrogen-bond donors (Lipinski definition) is 1. The lowest BCUT2D eigenvalue weighted by Crippen LogP contribution is -2.33. The second-order valence-electron chi connectivity index (χ2n) is 5.21. The van der Waals surface area contributed by atoms with Crippen LogP contribution in [-0.4, -0.2) is 32.2 Å². The van der Waals surface area contributed by atoms with Crippen molar-refractivity contribution in [2.75, 3.05) is 14.2 Å². The van der Waals surface area contributed by atoms with Gasteiger partial charge in [0.05, 0.1) is 25.7 Å². The Labute approximate surface area is 130 Å². The predicted octanol–water partition coefficient (Wildman–Crippen LogP) is 2.07. The zero-order valence-electron chi connectivity index (χ0n) is 12.5. The number of alkyl halides is 3. The van der Waals surface area contributed by atoms with E-state index in [1.165, 1.54) is 26.4 Å². The quantitative estimate of drug-likeness (QED) is 0.859. The Morgan fingerprint density at radius 1 is 1.09 bits per heavy atom. The van der Waals surface area contributed by atoms with E-state index in [4.69, 9.17) is 4.74 Å². The number of halogens is 3. The number of carbonyl (C=O) groups is 2. The minimum atomic E-state index is -4.43. The van der Waals surface area contributed by atoms with Gasteiger partial charge in [-0.05, 0) is 24.1 Å². The van der Waals surface area contributed by atoms with Gasteiger partial charge in [0.2, 0.25) is 0 Å². The third kappa shape index (κ3) is 3.64. The van der Waals surface area contributed by atoms with Crippen molar-refractivity contribution < 1.29 is 32.2 Å². The summed E-state index contributed by atoms with van der Waals surface area (Å²) in [5.74, 6) is -1.75. The van der Waals surface area contributed by atoms with E-state index in [-0.39, 0.29) is 6.42 Å². The van der Waals surface area contributed by atoms with Gasteiger partial charge in [-0.1, -0.05) is 12.1 Å². The summed E-state index contributed by atoms with van der Waals surface area (Å²) >= 11 is 0. The second kappa shape index (κ2) is 6.57. The molecule has 1 aromatic carbocycles. The molecule has 1 fully saturated rings. The molecule has 0 spiro atoms. The molecule has 5 nitrogen and oxygen atoms in total. The molecule has 1 aromatic rings. The van der Waals surface area contributed by atoms with E-state index < -0.39 is 41.7 Å². The van der Waals surface area contributed by atoms with Crippen LogP contribution in [0.15, 0.2) is 24.3 Å². The molecule has 0 amide bonds. The summed E-state index contributed by atoms with van der Waals surface area (Å²) in [7, 11) is 2.44. The molecule has 0 aliphatic carbocycles. The van der Waals surface area contributed by atoms with Crippen molar-refractivity contribution in [2.24, 2.45) is 5.92 Å². The number of carbonyl (C=O) groups excluding carboxylic acids is 2. The van der Waals surface area contributed by atoms with Crippen molar-refractivity contribution in [1.82, 2.24) is 5.32 Å². The SMILES string of the molecule is COC(=O)[C@H]1C[C@H](C(=O)OC)N[C@@H]1c1ccc(C(F)(F)F)cc1. The zero-order chi connectivity index (χ0) is 17.2. The Morgan fingerprint density at radius 2 is 1.65 bits per heavy atom. The maximum atomic E-state index is 12.6. The summed E-state index contributed by atoms with van der Waals surface area (Å²) in [4.78, 5) is 23.5. The van der Waals surface area contributed by atoms with Gasteiger partial charge in [-0.25, -0.2) is 0 Å². The highest BCUT2D eigenvalue weighted by atomic mass is 19.4. The molecule has 126 valence electrons. The van der Waals surface area contributed by atoms with Crippen LogP contribution < -0.4 is 5.32 Å². The van der Waals surface area contributed by atoms with E-state index in [0.29, 0.717) is 5.56 Å². The van der Waals surface area contributed by atoms with Crippen molar-refractivity contribution in [3.63, 3.8) is 0 Å². The average molecular weight is 331 g/mol. The molecule has 3 atom stereocenters. The largest absolute Gasteiger partial charge is 0.469 e. The van der Waals surface area contributed by atoms with E-state index in [2.05, 4.69) is 10.1 Å². The third-order valence-electron chi connectivity index (χ3n) is 3.86. The van der Waals surface area contributed by atoms with Crippen molar-refractivity contribution in [1.29, 1.82) is 0 Å². The maximum absolute atomic E-state index is 12.6. The zero-order valence-corrected chi connectivity index (χ0v) is 12.5. The summed E-state index contributed by atoms with van der Waals surface area (Å²) in [6.07, 6.45) is -4.27. The van der Waals surface area contributed by atoms with Gasteiger partial charge in [-0.3, -0.25) is 14.9 Å². The van der Waals surface area contributed by atoms with Crippen LogP contribution in [0.2, 0.25) is 0 Å². The first-order valence-corrected chi connectivity index (χ1v) is 6.86. The molecular formula is C15H16F3NO4. The standard InChI is InChI=1S/C15H16F3NO4/c1-22-13(20)10-7-11(14(21)23-2)19-12(10)8-3-5-9(6-4-8)15(16,17)18/h3-6,10-12,19H,7H2,1-2H3/t10-,11+,12+/m0/s1. The fraction of sp³-hybridized carbons (Fsp3) is 0.467. The minimum Gasteiger partial charge on any atom is -0.469 e. The van der Waals surface area contributed by atoms with E-state index in [0.717, 1.165) is 12.1 Å². The highest BCUT2D eigenvalue weighted by Gasteiger charge is 2.43. The Morgan fingerprint density at radius 3 is 2.13 bits per heavy atom. The smallest absolute Gasteiger partial charge is 0.416 e. The fourth-order valence-corrected chi connectivity index (χ4v) is 2.69. The van der Waals surface area contributed by atoms with Crippen LogP contribution in [-0.2, 0) is 25.2 Å². The Bertz CT molecular complexity index is 585. The molecule has 1 aliphatic rings. The van der Waals surface area contributed by atoms with Gasteiger partial charge in [0.25, 0.3) is 0 Å². The number of hydrogen-bond acceptors (Lipinski definition) is 5. The van der Waals surface area contributed by atoms with Crippen LogP contribution in [0.25, 0.3) is 0 Å². The Hall–Kier alpha value is -2.09. The number of benzene rings is 1. The topological polar surface area (TPSA) is 64.6 Å². The lowest BCUT2D eigenvalue weighted by Gasteiger charge is -2.18. The molecule has 0 unspecified atom stereocenters. The van der Waals surface area contributed by atoms with E-state index in [1.54, 1.807) is 0 Å². The summed E-state index contributed by atoms with van der Waals surface area (Å²) < 4.78 is 47.2. The highest BCUT2D eigenvalue weighted by molar-refractivity contribution is 5.80. The summed E-state index contributed by atoms with van der Waals surface area (Å²) in [6.45, 7) is 0. The fourth-order valence-electron chi connectivity index (χ4n) is 2.69. The third-order valence-corrected chi connectivity index (χ3v) is 3.86. The molecule has 1 heterocycles. The first-order chi connectivity index (χ1) is 10.8. The molecule has 8 heteroatoms. The molecule has 0 aromatic heterocycles. The first-order valence-electron chi connectivity index (χ1n) is 6.86. The van der Waals surface area contributed by atoms with Crippen LogP contribution in [0.1, 0.15) is 23.6 Å². The van der Waals surface area contributed by atoms with Gasteiger partial charge >= 0.3 is 18.1 Å². The van der Waals surface area contributed by atoms with Crippen LogP contribution >= 0.6 is 0 Å². The summed E-state index contributed by atoms with van der Waals surface area (Å²) in [5, 5.41) is 2.92. The molecule has 1 aliphatic heterocycles. The molecule has 0 bridgehead atoms. The first kappa shape index (κ1) is 17.3. The summed E-state index contributed by atoms with van der Waals surface area (Å²) in [6, 6.07) is 3.13.